The molecule has 2 aromatic heterocycles. The molecule has 0 saturated carbocycles. The van der Waals surface area contributed by atoms with Crippen molar-refractivity contribution in [3.8, 4) is 17.6 Å². The normalized spacial score (nSPS) is 8.50. The first-order chi connectivity index (χ1) is 20.0. The number of hydrogen-bond acceptors (Lipinski definition) is 10. The molecule has 0 unspecified atom stereocenters. The molecule has 2 heterocycles. The van der Waals surface area contributed by atoms with Gasteiger partial charge in [-0.25, -0.2) is 0 Å². The number of aromatic hydroxyl groups is 1. The topological polar surface area (TPSA) is 180 Å². The Hall–Kier alpha value is -0.166. The molecule has 0 fully saturated rings. The number of pyridine rings is 2. The minimum Gasteiger partial charge on any atom is -1.00 e. The van der Waals surface area contributed by atoms with E-state index in [0.717, 1.165) is 22.5 Å². The third-order valence-corrected chi connectivity index (χ3v) is 5.54. The molecule has 15 heteroatoms. The van der Waals surface area contributed by atoms with Crippen LogP contribution in [0.5, 0.6) is 11.5 Å². The summed E-state index contributed by atoms with van der Waals surface area (Å²) in [5.74, 6) is 1.18. The number of benzene rings is 2. The predicted octanol–water partition coefficient (Wildman–Crippen LogP) is 0.0463. The number of carbonyl (C=O) groups excluding carboxylic acids is 1. The first kappa shape index (κ1) is 48.2. The Morgan fingerprint density at radius 3 is 1.77 bits per heavy atom. The maximum atomic E-state index is 8.86. The van der Waals surface area contributed by atoms with E-state index in [0.29, 0.717) is 34.6 Å². The Balaban J connectivity index is -0.000000259. The molecular formula is C29H32Cl3Cs2N5O5. The molecule has 0 bridgehead atoms. The zero-order valence-corrected chi connectivity index (χ0v) is 40.0. The zero-order valence-electron chi connectivity index (χ0n) is 26.1. The summed E-state index contributed by atoms with van der Waals surface area (Å²) in [4.78, 5) is 19.6. The Bertz CT molecular complexity index is 1420. The predicted molar refractivity (Wildman–Crippen MR) is 165 cm³/mol. The van der Waals surface area contributed by atoms with Gasteiger partial charge in [-0.3, -0.25) is 14.8 Å². The van der Waals surface area contributed by atoms with Crippen LogP contribution in [0.15, 0.2) is 73.1 Å². The summed E-state index contributed by atoms with van der Waals surface area (Å²) in [6, 6.07) is 19.3. The summed E-state index contributed by atoms with van der Waals surface area (Å²) < 4.78 is 5.61. The van der Waals surface area contributed by atoms with Crippen LogP contribution in [-0.4, -0.2) is 21.5 Å². The molecule has 0 saturated heterocycles. The van der Waals surface area contributed by atoms with Crippen LogP contribution in [0.2, 0.25) is 10.0 Å². The molecule has 2 aromatic carbocycles. The summed E-state index contributed by atoms with van der Waals surface area (Å²) in [6.45, 7) is 5.65. The maximum absolute atomic E-state index is 8.86. The van der Waals surface area contributed by atoms with Gasteiger partial charge in [-0.05, 0) is 73.5 Å². The second-order valence-corrected chi connectivity index (χ2v) is 8.85. The largest absolute Gasteiger partial charge is 1.00 e. The number of anilines is 2. The molecule has 0 radical (unpaired) electrons. The maximum Gasteiger partial charge on any atom is 1.00 e. The number of nitrogens with zero attached hydrogens (tertiary/aromatic N) is 3. The van der Waals surface area contributed by atoms with Crippen molar-refractivity contribution in [3.05, 3.63) is 106 Å². The van der Waals surface area contributed by atoms with Crippen LogP contribution < -0.4 is 159 Å². The van der Waals surface area contributed by atoms with Crippen LogP contribution in [-0.2, 0) is 22.2 Å². The van der Waals surface area contributed by atoms with Gasteiger partial charge in [0.05, 0.1) is 33.4 Å². The van der Waals surface area contributed by atoms with E-state index in [2.05, 4.69) is 14.9 Å². The quantitative estimate of drug-likeness (QED) is 0.0619. The number of aromatic nitrogens is 2. The summed E-state index contributed by atoms with van der Waals surface area (Å²) >= 11 is 17.1. The van der Waals surface area contributed by atoms with E-state index in [-0.39, 0.29) is 156 Å². The van der Waals surface area contributed by atoms with Gasteiger partial charge in [0.1, 0.15) is 18.1 Å². The monoisotopic (exact) mass is 901 g/mol. The van der Waals surface area contributed by atoms with Gasteiger partial charge < -0.3 is 32.9 Å². The van der Waals surface area contributed by atoms with Crippen molar-refractivity contribution in [3.63, 3.8) is 0 Å². The van der Waals surface area contributed by atoms with Gasteiger partial charge in [0.25, 0.3) is 6.47 Å². The van der Waals surface area contributed by atoms with E-state index in [9.17, 15) is 0 Å². The fourth-order valence-corrected chi connectivity index (χ4v) is 3.34. The van der Waals surface area contributed by atoms with Crippen LogP contribution >= 0.6 is 34.8 Å². The van der Waals surface area contributed by atoms with E-state index >= 15 is 0 Å². The molecule has 226 valence electrons. The Kier molecular flexibility index (Phi) is 33.1. The molecule has 5 N–H and O–H groups in total. The number of hydrogen-bond donors (Lipinski definition) is 3. The van der Waals surface area contributed by atoms with Crippen molar-refractivity contribution < 1.29 is 164 Å². The summed E-state index contributed by atoms with van der Waals surface area (Å²) in [6.07, 6.45) is 3.50. The molecule has 0 aliphatic carbocycles. The first-order valence-corrected chi connectivity index (χ1v) is 13.1. The third kappa shape index (κ3) is 22.4. The van der Waals surface area contributed by atoms with E-state index in [4.69, 9.17) is 71.4 Å². The van der Waals surface area contributed by atoms with Crippen molar-refractivity contribution in [2.45, 2.75) is 33.3 Å². The number of rotatable bonds is 5. The first-order valence-electron chi connectivity index (χ1n) is 11.9. The van der Waals surface area contributed by atoms with E-state index < -0.39 is 0 Å². The number of ether oxygens (including phenoxy) is 1. The van der Waals surface area contributed by atoms with Gasteiger partial charge >= 0.3 is 138 Å². The molecule has 4 rings (SSSR count). The second kappa shape index (κ2) is 30.2. The minimum atomic E-state index is -0.181. The molecule has 4 aromatic rings. The van der Waals surface area contributed by atoms with Crippen LogP contribution in [0.3, 0.4) is 0 Å². The number of nitrogen functional groups attached to an aromatic ring is 2. The van der Waals surface area contributed by atoms with E-state index in [1.165, 1.54) is 19.1 Å². The summed E-state index contributed by atoms with van der Waals surface area (Å²) in [7, 11) is 0. The van der Waals surface area contributed by atoms with Crippen molar-refractivity contribution >= 4 is 52.6 Å². The summed E-state index contributed by atoms with van der Waals surface area (Å²) in [5.41, 5.74) is 16.2. The van der Waals surface area contributed by atoms with Crippen molar-refractivity contribution in [1.82, 2.24) is 9.97 Å². The van der Waals surface area contributed by atoms with Gasteiger partial charge in [-0.2, -0.15) is 5.26 Å². The summed E-state index contributed by atoms with van der Waals surface area (Å²) in [5, 5.41) is 25.4. The zero-order chi connectivity index (χ0) is 31.9. The minimum absolute atomic E-state index is 0. The SMILES string of the molecule is CC#N.Cc1cccnc1CCl.Cc1cccnc1COc1ccc(N)cc1Cl.Nc1ccc(O)c(Cl)c1.O=CO[O-].[Cs+].[Cs+].[H-]. The number of nitriles is 1. The van der Waals surface area contributed by atoms with Crippen LogP contribution in [0, 0.1) is 25.2 Å². The van der Waals surface area contributed by atoms with Gasteiger partial charge in [0.2, 0.25) is 0 Å². The standard InChI is InChI=1S/C13H13ClN2O.C7H8ClN.C6H6ClNO.C2H3N.CH2O3.2Cs.H/c1-9-3-2-6-16-12(9)8-17-13-5-4-10(15)7-11(13)14;1-6-3-2-4-9-7(6)5-8;7-5-3-4(8)1-2-6(5)9;1-2-3;2-1-4-3;;;/h2-7H,8,15H2,1H3;2-4H,5H2,1H3;1-3,9H,8H2;1H3;1,3H;;;/q;;;;;2*+1;-1/p-1. The second-order valence-electron chi connectivity index (χ2n) is 7.77. The van der Waals surface area contributed by atoms with Gasteiger partial charge in [0.15, 0.2) is 0 Å². The van der Waals surface area contributed by atoms with E-state index in [1.54, 1.807) is 42.7 Å². The van der Waals surface area contributed by atoms with Gasteiger partial charge in [0, 0.05) is 30.7 Å². The van der Waals surface area contributed by atoms with Crippen molar-refractivity contribution in [2.75, 3.05) is 11.5 Å². The molecule has 0 aliphatic rings. The number of alkyl halides is 1. The molecular weight excluding hydrogens is 871 g/mol. The Morgan fingerprint density at radius 1 is 0.955 bits per heavy atom. The van der Waals surface area contributed by atoms with Crippen LogP contribution in [0.1, 0.15) is 30.9 Å². The number of phenolic OH excluding ortho intramolecular Hbond substituents is 1. The van der Waals surface area contributed by atoms with Crippen molar-refractivity contribution in [2.24, 2.45) is 0 Å². The molecule has 0 spiro atoms. The fraction of sp³-hybridized carbons (Fsp3) is 0.172. The average molecular weight is 903 g/mol. The Labute approximate surface area is 392 Å². The smallest absolute Gasteiger partial charge is 1.00 e. The van der Waals surface area contributed by atoms with Crippen LogP contribution in [0.4, 0.5) is 11.4 Å². The number of halogens is 3. The molecule has 10 nitrogen and oxygen atoms in total. The van der Waals surface area contributed by atoms with Crippen molar-refractivity contribution in [1.29, 1.82) is 5.26 Å². The fourth-order valence-electron chi connectivity index (χ4n) is 2.63. The number of phenols is 1. The number of carbonyl (C=O) groups is 1. The van der Waals surface area contributed by atoms with Gasteiger partial charge in [-0.1, -0.05) is 35.3 Å². The third-order valence-electron chi connectivity index (χ3n) is 4.69. The number of nitrogens with two attached hydrogens (primary N) is 2. The Morgan fingerprint density at radius 2 is 1.41 bits per heavy atom. The molecule has 0 aliphatic heterocycles. The number of aryl methyl sites for hydroxylation is 2. The molecule has 0 amide bonds. The molecule has 44 heavy (non-hydrogen) atoms. The van der Waals surface area contributed by atoms with Crippen LogP contribution in [0.25, 0.3) is 0 Å². The average Bonchev–Trinajstić information content (AvgIpc) is 2.97. The van der Waals surface area contributed by atoms with Gasteiger partial charge in [-0.15, -0.1) is 11.6 Å². The van der Waals surface area contributed by atoms with E-state index in [1.807, 2.05) is 38.1 Å². The molecule has 0 atom stereocenters.